The number of furan rings is 1. The lowest BCUT2D eigenvalue weighted by Crippen LogP contribution is -1.83. The summed E-state index contributed by atoms with van der Waals surface area (Å²) in [6.45, 7) is 0. The van der Waals surface area contributed by atoms with Gasteiger partial charge in [0.05, 0.1) is 12.0 Å². The first kappa shape index (κ1) is 6.55. The van der Waals surface area contributed by atoms with Gasteiger partial charge in [0.25, 0.3) is 0 Å². The standard InChI is InChI=1S/C8H6ClNO/c9-6-3-5-1-2-11-8(5)7(10)4-6/h1-4H,10H2. The second kappa shape index (κ2) is 2.17. The number of benzene rings is 1. The third kappa shape index (κ3) is 0.955. The molecule has 0 saturated carbocycles. The quantitative estimate of drug-likeness (QED) is 0.613. The molecule has 1 aromatic carbocycles. The number of anilines is 1. The van der Waals surface area contributed by atoms with E-state index in [0.29, 0.717) is 16.3 Å². The van der Waals surface area contributed by atoms with Gasteiger partial charge in [-0.05, 0) is 18.2 Å². The predicted octanol–water partition coefficient (Wildman–Crippen LogP) is 2.67. The van der Waals surface area contributed by atoms with Crippen molar-refractivity contribution in [1.82, 2.24) is 0 Å². The molecule has 3 heteroatoms. The number of nitrogen functional groups attached to an aromatic ring is 1. The summed E-state index contributed by atoms with van der Waals surface area (Å²) in [4.78, 5) is 0. The van der Waals surface area contributed by atoms with Crippen molar-refractivity contribution in [2.45, 2.75) is 0 Å². The SMILES string of the molecule is Nc1cc(Cl)cc2ccoc12. The van der Waals surface area contributed by atoms with Crippen LogP contribution < -0.4 is 5.73 Å². The van der Waals surface area contributed by atoms with E-state index in [2.05, 4.69) is 0 Å². The summed E-state index contributed by atoms with van der Waals surface area (Å²) < 4.78 is 5.12. The summed E-state index contributed by atoms with van der Waals surface area (Å²) in [6, 6.07) is 5.32. The Morgan fingerprint density at radius 2 is 2.18 bits per heavy atom. The van der Waals surface area contributed by atoms with Crippen molar-refractivity contribution in [3.05, 3.63) is 29.5 Å². The van der Waals surface area contributed by atoms with E-state index in [0.717, 1.165) is 5.39 Å². The predicted molar refractivity (Wildman–Crippen MR) is 45.6 cm³/mol. The van der Waals surface area contributed by atoms with Crippen molar-refractivity contribution >= 4 is 28.3 Å². The molecule has 0 atom stereocenters. The van der Waals surface area contributed by atoms with Crippen LogP contribution in [0.15, 0.2) is 28.9 Å². The van der Waals surface area contributed by atoms with Gasteiger partial charge in [0, 0.05) is 10.4 Å². The zero-order valence-electron chi connectivity index (χ0n) is 5.67. The lowest BCUT2D eigenvalue weighted by Gasteiger charge is -1.94. The molecule has 1 aromatic heterocycles. The zero-order chi connectivity index (χ0) is 7.84. The van der Waals surface area contributed by atoms with E-state index < -0.39 is 0 Å². The fourth-order valence-electron chi connectivity index (χ4n) is 1.07. The summed E-state index contributed by atoms with van der Waals surface area (Å²) in [5.41, 5.74) is 6.91. The van der Waals surface area contributed by atoms with E-state index in [1.165, 1.54) is 0 Å². The topological polar surface area (TPSA) is 39.2 Å². The third-order valence-electron chi connectivity index (χ3n) is 1.54. The second-order valence-corrected chi connectivity index (χ2v) is 2.77. The molecule has 0 amide bonds. The smallest absolute Gasteiger partial charge is 0.156 e. The summed E-state index contributed by atoms with van der Waals surface area (Å²) in [5.74, 6) is 0. The Morgan fingerprint density at radius 3 is 3.00 bits per heavy atom. The van der Waals surface area contributed by atoms with E-state index in [1.54, 1.807) is 12.3 Å². The lowest BCUT2D eigenvalue weighted by atomic mass is 10.2. The van der Waals surface area contributed by atoms with Crippen LogP contribution >= 0.6 is 11.6 Å². The van der Waals surface area contributed by atoms with Crippen LogP contribution in [0.2, 0.25) is 5.02 Å². The number of rotatable bonds is 0. The Labute approximate surface area is 68.6 Å². The number of hydrogen-bond donors (Lipinski definition) is 1. The van der Waals surface area contributed by atoms with Crippen LogP contribution in [0.5, 0.6) is 0 Å². The van der Waals surface area contributed by atoms with Gasteiger partial charge in [0.15, 0.2) is 5.58 Å². The average Bonchev–Trinajstić information content (AvgIpc) is 2.34. The monoisotopic (exact) mass is 167 g/mol. The molecule has 0 aliphatic rings. The molecule has 2 aromatic rings. The molecule has 0 spiro atoms. The van der Waals surface area contributed by atoms with Crippen LogP contribution in [-0.4, -0.2) is 0 Å². The van der Waals surface area contributed by atoms with E-state index >= 15 is 0 Å². The summed E-state index contributed by atoms with van der Waals surface area (Å²) >= 11 is 5.76. The van der Waals surface area contributed by atoms with Crippen molar-refractivity contribution in [3.63, 3.8) is 0 Å². The van der Waals surface area contributed by atoms with Gasteiger partial charge in [0.2, 0.25) is 0 Å². The van der Waals surface area contributed by atoms with Gasteiger partial charge in [-0.2, -0.15) is 0 Å². The Bertz CT molecular complexity index is 394. The molecule has 2 N–H and O–H groups in total. The Kier molecular flexibility index (Phi) is 1.29. The van der Waals surface area contributed by atoms with Gasteiger partial charge >= 0.3 is 0 Å². The molecule has 0 aliphatic carbocycles. The molecular formula is C8H6ClNO. The summed E-state index contributed by atoms with van der Waals surface area (Å²) in [6.07, 6.45) is 1.59. The maximum absolute atomic E-state index is 5.76. The fraction of sp³-hybridized carbons (Fsp3) is 0. The molecule has 1 heterocycles. The third-order valence-corrected chi connectivity index (χ3v) is 1.76. The van der Waals surface area contributed by atoms with Gasteiger partial charge in [-0.3, -0.25) is 0 Å². The maximum atomic E-state index is 5.76. The highest BCUT2D eigenvalue weighted by molar-refractivity contribution is 6.31. The molecule has 2 nitrogen and oxygen atoms in total. The molecule has 2 rings (SSSR count). The zero-order valence-corrected chi connectivity index (χ0v) is 6.43. The summed E-state index contributed by atoms with van der Waals surface area (Å²) in [5, 5.41) is 1.58. The molecule has 0 radical (unpaired) electrons. The van der Waals surface area contributed by atoms with Crippen molar-refractivity contribution in [2.75, 3.05) is 5.73 Å². The van der Waals surface area contributed by atoms with Gasteiger partial charge in [-0.1, -0.05) is 11.6 Å². The van der Waals surface area contributed by atoms with Crippen LogP contribution in [0.3, 0.4) is 0 Å². The molecule has 56 valence electrons. The Balaban J connectivity index is 2.91. The van der Waals surface area contributed by atoms with Gasteiger partial charge in [-0.25, -0.2) is 0 Å². The van der Waals surface area contributed by atoms with E-state index in [4.69, 9.17) is 21.8 Å². The van der Waals surface area contributed by atoms with Crippen LogP contribution in [-0.2, 0) is 0 Å². The van der Waals surface area contributed by atoms with Crippen molar-refractivity contribution in [2.24, 2.45) is 0 Å². The minimum atomic E-state index is 0.581. The highest BCUT2D eigenvalue weighted by atomic mass is 35.5. The van der Waals surface area contributed by atoms with E-state index in [1.807, 2.05) is 12.1 Å². The van der Waals surface area contributed by atoms with Gasteiger partial charge in [-0.15, -0.1) is 0 Å². The Hall–Kier alpha value is -1.15. The first-order chi connectivity index (χ1) is 5.27. The number of fused-ring (bicyclic) bond motifs is 1. The van der Waals surface area contributed by atoms with Crippen molar-refractivity contribution in [1.29, 1.82) is 0 Å². The largest absolute Gasteiger partial charge is 0.462 e. The number of nitrogens with two attached hydrogens (primary N) is 1. The van der Waals surface area contributed by atoms with E-state index in [9.17, 15) is 0 Å². The van der Waals surface area contributed by atoms with Crippen LogP contribution in [0, 0.1) is 0 Å². The van der Waals surface area contributed by atoms with Gasteiger partial charge in [0.1, 0.15) is 0 Å². The second-order valence-electron chi connectivity index (χ2n) is 2.33. The fourth-order valence-corrected chi connectivity index (χ4v) is 1.31. The molecule has 0 aliphatic heterocycles. The van der Waals surface area contributed by atoms with E-state index in [-0.39, 0.29) is 0 Å². The highest BCUT2D eigenvalue weighted by Gasteiger charge is 2.01. The molecule has 0 saturated heterocycles. The lowest BCUT2D eigenvalue weighted by molar-refractivity contribution is 0.617. The average molecular weight is 168 g/mol. The molecule has 11 heavy (non-hydrogen) atoms. The minimum Gasteiger partial charge on any atom is -0.462 e. The maximum Gasteiger partial charge on any atom is 0.156 e. The van der Waals surface area contributed by atoms with Crippen LogP contribution in [0.4, 0.5) is 5.69 Å². The molecule has 0 fully saturated rings. The molecular weight excluding hydrogens is 162 g/mol. The van der Waals surface area contributed by atoms with Crippen molar-refractivity contribution in [3.8, 4) is 0 Å². The Morgan fingerprint density at radius 1 is 1.36 bits per heavy atom. The minimum absolute atomic E-state index is 0.581. The van der Waals surface area contributed by atoms with Crippen molar-refractivity contribution < 1.29 is 4.42 Å². The first-order valence-corrected chi connectivity index (χ1v) is 3.57. The molecule has 0 bridgehead atoms. The van der Waals surface area contributed by atoms with Crippen LogP contribution in [0.25, 0.3) is 11.0 Å². The van der Waals surface area contributed by atoms with Crippen LogP contribution in [0.1, 0.15) is 0 Å². The normalized spacial score (nSPS) is 10.6. The highest BCUT2D eigenvalue weighted by Crippen LogP contribution is 2.26. The van der Waals surface area contributed by atoms with Gasteiger partial charge < -0.3 is 10.2 Å². The molecule has 0 unspecified atom stereocenters. The number of hydrogen-bond acceptors (Lipinski definition) is 2. The summed E-state index contributed by atoms with van der Waals surface area (Å²) in [7, 11) is 0. The first-order valence-electron chi connectivity index (χ1n) is 3.19. The number of halogens is 1.